The highest BCUT2D eigenvalue weighted by atomic mass is 32.2. The van der Waals surface area contributed by atoms with Crippen LogP contribution in [0.25, 0.3) is 0 Å². The minimum absolute atomic E-state index is 0.0448. The molecule has 1 heterocycles. The van der Waals surface area contributed by atoms with Crippen molar-refractivity contribution in [3.05, 3.63) is 29.3 Å². The summed E-state index contributed by atoms with van der Waals surface area (Å²) in [6.07, 6.45) is 2.99. The number of benzene rings is 1. The van der Waals surface area contributed by atoms with E-state index in [1.54, 1.807) is 17.2 Å². The summed E-state index contributed by atoms with van der Waals surface area (Å²) >= 11 is 1.17. The zero-order chi connectivity index (χ0) is 20.8. The van der Waals surface area contributed by atoms with Crippen molar-refractivity contribution in [2.75, 3.05) is 12.8 Å². The van der Waals surface area contributed by atoms with E-state index in [-0.39, 0.29) is 23.2 Å². The van der Waals surface area contributed by atoms with Crippen LogP contribution in [0.5, 0.6) is 0 Å². The van der Waals surface area contributed by atoms with Crippen molar-refractivity contribution in [2.24, 2.45) is 5.73 Å². The molecule has 1 aromatic rings. The molecular weight excluding hydrogens is 383 g/mol. The van der Waals surface area contributed by atoms with E-state index in [1.165, 1.54) is 11.8 Å². The van der Waals surface area contributed by atoms with E-state index in [0.29, 0.717) is 12.1 Å². The third kappa shape index (κ3) is 7.51. The Kier molecular flexibility index (Phi) is 8.76. The van der Waals surface area contributed by atoms with Crippen LogP contribution >= 0.6 is 21.0 Å². The largest absolute Gasteiger partial charge is 0.444 e. The first-order valence-corrected chi connectivity index (χ1v) is 10.5. The number of nitrogens with zero attached hydrogens (tertiary/aromatic N) is 1. The van der Waals surface area contributed by atoms with Gasteiger partial charge in [-0.2, -0.15) is 0 Å². The normalized spacial score (nSPS) is 16.4. The van der Waals surface area contributed by atoms with Crippen LogP contribution in [0.3, 0.4) is 0 Å². The SMILES string of the molecule is CSC(=O)C1CCCN1C(=O)OC(C)(C)C.Cc1ccc(C(N)=O)c(P)c1. The number of thioether (sulfide) groups is 1. The second kappa shape index (κ2) is 10.1. The predicted octanol–water partition coefficient (Wildman–Crippen LogP) is 2.87. The first kappa shape index (κ1) is 23.4. The van der Waals surface area contributed by atoms with Crippen LogP contribution in [0.2, 0.25) is 0 Å². The van der Waals surface area contributed by atoms with Crippen LogP contribution in [0.15, 0.2) is 18.2 Å². The zero-order valence-corrected chi connectivity index (χ0v) is 18.5. The van der Waals surface area contributed by atoms with Gasteiger partial charge < -0.3 is 10.5 Å². The van der Waals surface area contributed by atoms with Crippen molar-refractivity contribution in [2.45, 2.75) is 52.2 Å². The summed E-state index contributed by atoms with van der Waals surface area (Å²) in [5, 5.41) is 0.904. The summed E-state index contributed by atoms with van der Waals surface area (Å²) in [7, 11) is 2.49. The van der Waals surface area contributed by atoms with E-state index in [1.807, 2.05) is 39.8 Å². The number of rotatable bonds is 2. The van der Waals surface area contributed by atoms with Crippen LogP contribution in [0, 0.1) is 6.92 Å². The van der Waals surface area contributed by atoms with E-state index in [9.17, 15) is 14.4 Å². The molecule has 1 fully saturated rings. The fourth-order valence-corrected chi connectivity index (χ4v) is 3.61. The van der Waals surface area contributed by atoms with Gasteiger partial charge in [0.05, 0.1) is 0 Å². The third-order valence-corrected chi connectivity index (χ3v) is 4.98. The van der Waals surface area contributed by atoms with E-state index < -0.39 is 5.60 Å². The molecule has 0 bridgehead atoms. The topological polar surface area (TPSA) is 89.7 Å². The van der Waals surface area contributed by atoms with Gasteiger partial charge in [-0.3, -0.25) is 14.5 Å². The Morgan fingerprint density at radius 3 is 2.41 bits per heavy atom. The van der Waals surface area contributed by atoms with Gasteiger partial charge in [-0.05, 0) is 58.2 Å². The molecule has 0 aromatic heterocycles. The Labute approximate surface area is 167 Å². The summed E-state index contributed by atoms with van der Waals surface area (Å²) < 4.78 is 5.27. The number of aryl methyl sites for hydroxylation is 1. The molecular formula is C19H29N2O4PS. The van der Waals surface area contributed by atoms with Crippen LogP contribution < -0.4 is 11.0 Å². The molecule has 0 aliphatic carbocycles. The molecule has 2 atom stereocenters. The first-order chi connectivity index (χ1) is 12.5. The molecule has 2 unspecified atom stereocenters. The Hall–Kier alpha value is -1.59. The number of carbonyl (C=O) groups excluding carboxylic acids is 3. The van der Waals surface area contributed by atoms with E-state index in [2.05, 4.69) is 9.24 Å². The molecule has 1 aliphatic heterocycles. The quantitative estimate of drug-likeness (QED) is 0.755. The number of hydrogen-bond acceptors (Lipinski definition) is 5. The molecule has 27 heavy (non-hydrogen) atoms. The van der Waals surface area contributed by atoms with Crippen LogP contribution in [0.4, 0.5) is 4.79 Å². The number of nitrogens with two attached hydrogens (primary N) is 1. The summed E-state index contributed by atoms with van der Waals surface area (Å²) in [6, 6.07) is 5.21. The second-order valence-corrected chi connectivity index (χ2v) is 8.74. The standard InChI is InChI=1S/C11H19NO3S.C8H10NOP/c1-11(2,3)15-10(14)12-7-5-6-8(12)9(13)16-4;1-5-2-3-6(8(9)10)7(11)4-5/h8H,5-7H2,1-4H3;2-4H,11H2,1H3,(H2,9,10). The highest BCUT2D eigenvalue weighted by Gasteiger charge is 2.35. The Morgan fingerprint density at radius 1 is 1.30 bits per heavy atom. The molecule has 0 saturated carbocycles. The number of carbonyl (C=O) groups is 3. The van der Waals surface area contributed by atoms with Crippen LogP contribution in [0.1, 0.15) is 49.5 Å². The molecule has 1 saturated heterocycles. The van der Waals surface area contributed by atoms with Gasteiger partial charge in [-0.15, -0.1) is 9.24 Å². The predicted molar refractivity (Wildman–Crippen MR) is 114 cm³/mol. The monoisotopic (exact) mass is 412 g/mol. The van der Waals surface area contributed by atoms with Crippen molar-refractivity contribution in [1.82, 2.24) is 4.90 Å². The lowest BCUT2D eigenvalue weighted by atomic mass is 10.1. The fourth-order valence-electron chi connectivity index (χ4n) is 2.59. The molecule has 2 N–H and O–H groups in total. The third-order valence-electron chi connectivity index (χ3n) is 3.83. The van der Waals surface area contributed by atoms with Gasteiger partial charge in [0.15, 0.2) is 0 Å². The van der Waals surface area contributed by atoms with Gasteiger partial charge >= 0.3 is 6.09 Å². The molecule has 6 nitrogen and oxygen atoms in total. The van der Waals surface area contributed by atoms with Gasteiger partial charge in [0, 0.05) is 12.1 Å². The summed E-state index contributed by atoms with van der Waals surface area (Å²) in [6.45, 7) is 8.06. The van der Waals surface area contributed by atoms with Gasteiger partial charge in [-0.25, -0.2) is 4.79 Å². The van der Waals surface area contributed by atoms with Gasteiger partial charge in [0.1, 0.15) is 11.6 Å². The molecule has 150 valence electrons. The van der Waals surface area contributed by atoms with Crippen LogP contribution in [-0.4, -0.2) is 46.5 Å². The van der Waals surface area contributed by atoms with Crippen molar-refractivity contribution in [3.63, 3.8) is 0 Å². The van der Waals surface area contributed by atoms with Crippen molar-refractivity contribution in [1.29, 1.82) is 0 Å². The van der Waals surface area contributed by atoms with E-state index in [4.69, 9.17) is 10.5 Å². The number of likely N-dealkylation sites (tertiary alicyclic amines) is 1. The number of amides is 2. The Balaban J connectivity index is 0.000000289. The zero-order valence-electron chi connectivity index (χ0n) is 16.6. The van der Waals surface area contributed by atoms with E-state index in [0.717, 1.165) is 23.7 Å². The van der Waals surface area contributed by atoms with Crippen molar-refractivity contribution >= 4 is 43.4 Å². The molecule has 1 aromatic carbocycles. The average Bonchev–Trinajstić information content (AvgIpc) is 3.02. The number of ether oxygens (including phenoxy) is 1. The van der Waals surface area contributed by atoms with Crippen LogP contribution in [-0.2, 0) is 9.53 Å². The molecule has 1 aliphatic rings. The smallest absolute Gasteiger partial charge is 0.410 e. The molecule has 8 heteroatoms. The lowest BCUT2D eigenvalue weighted by Gasteiger charge is -2.27. The van der Waals surface area contributed by atoms with Crippen molar-refractivity contribution < 1.29 is 19.1 Å². The minimum atomic E-state index is -0.507. The molecule has 0 spiro atoms. The number of primary amides is 1. The van der Waals surface area contributed by atoms with Gasteiger partial charge in [0.25, 0.3) is 0 Å². The lowest BCUT2D eigenvalue weighted by Crippen LogP contribution is -2.42. The minimum Gasteiger partial charge on any atom is -0.444 e. The Bertz CT molecular complexity index is 703. The molecule has 2 rings (SSSR count). The van der Waals surface area contributed by atoms with Gasteiger partial charge in [0.2, 0.25) is 11.0 Å². The van der Waals surface area contributed by atoms with Gasteiger partial charge in [-0.1, -0.05) is 29.5 Å². The van der Waals surface area contributed by atoms with E-state index >= 15 is 0 Å². The molecule has 0 radical (unpaired) electrons. The highest BCUT2D eigenvalue weighted by molar-refractivity contribution is 8.13. The summed E-state index contributed by atoms with van der Waals surface area (Å²) in [4.78, 5) is 35.7. The molecule has 2 amide bonds. The highest BCUT2D eigenvalue weighted by Crippen LogP contribution is 2.23. The lowest BCUT2D eigenvalue weighted by molar-refractivity contribution is -0.114. The average molecular weight is 412 g/mol. The van der Waals surface area contributed by atoms with Crippen molar-refractivity contribution in [3.8, 4) is 0 Å². The maximum Gasteiger partial charge on any atom is 0.410 e. The summed E-state index contributed by atoms with van der Waals surface area (Å²) in [5.74, 6) is -0.380. The maximum atomic E-state index is 11.8. The summed E-state index contributed by atoms with van der Waals surface area (Å²) in [5.41, 5.74) is 6.30. The maximum absolute atomic E-state index is 11.8. The number of hydrogen-bond donors (Lipinski definition) is 1. The fraction of sp³-hybridized carbons (Fsp3) is 0.526. The Morgan fingerprint density at radius 2 is 1.93 bits per heavy atom. The first-order valence-electron chi connectivity index (χ1n) is 8.69. The second-order valence-electron chi connectivity index (χ2n) is 7.31.